The van der Waals surface area contributed by atoms with E-state index in [1.807, 2.05) is 24.3 Å². The molecule has 0 unspecified atom stereocenters. The van der Waals surface area contributed by atoms with Crippen LogP contribution in [0.2, 0.25) is 0 Å². The van der Waals surface area contributed by atoms with E-state index >= 15 is 0 Å². The largest absolute Gasteiger partial charge is 0.461 e. The maximum atomic E-state index is 12.7. The minimum atomic E-state index is -0.137. The zero-order chi connectivity index (χ0) is 36.1. The topological polar surface area (TPSA) is 59.1 Å². The van der Waals surface area contributed by atoms with Gasteiger partial charge in [-0.15, -0.1) is 0 Å². The molecule has 0 bridgehead atoms. The van der Waals surface area contributed by atoms with Crippen LogP contribution in [0.1, 0.15) is 154 Å². The second-order valence-electron chi connectivity index (χ2n) is 14.1. The van der Waals surface area contributed by atoms with Crippen LogP contribution >= 0.6 is 0 Å². The molecule has 0 radical (unpaired) electrons. The molecule has 0 aliphatic heterocycles. The first kappa shape index (κ1) is 43.5. The summed E-state index contributed by atoms with van der Waals surface area (Å²) in [6.45, 7) is 15.3. The molecule has 0 saturated heterocycles. The van der Waals surface area contributed by atoms with Gasteiger partial charge in [0.15, 0.2) is 0 Å². The molecule has 50 heavy (non-hydrogen) atoms. The Kier molecular flexibility index (Phi) is 25.2. The number of rotatable bonds is 31. The van der Waals surface area contributed by atoms with Crippen molar-refractivity contribution >= 4 is 11.9 Å². The number of unbranched alkanes of at least 4 members (excludes halogenated alkanes) is 12. The highest BCUT2D eigenvalue weighted by atomic mass is 16.5. The molecule has 0 aliphatic rings. The Labute approximate surface area is 306 Å². The van der Waals surface area contributed by atoms with E-state index in [9.17, 15) is 9.59 Å². The summed E-state index contributed by atoms with van der Waals surface area (Å²) in [5, 5.41) is 0. The quantitative estimate of drug-likeness (QED) is 0.0579. The van der Waals surface area contributed by atoms with Gasteiger partial charge in [-0.25, -0.2) is 0 Å². The third-order valence-corrected chi connectivity index (χ3v) is 9.56. The van der Waals surface area contributed by atoms with Gasteiger partial charge in [-0.3, -0.25) is 9.59 Å². The van der Waals surface area contributed by atoms with Gasteiger partial charge in [0, 0.05) is 13.1 Å². The van der Waals surface area contributed by atoms with E-state index in [-0.39, 0.29) is 25.2 Å². The minimum Gasteiger partial charge on any atom is -0.461 e. The maximum absolute atomic E-state index is 12.7. The van der Waals surface area contributed by atoms with Crippen LogP contribution in [-0.2, 0) is 32.3 Å². The van der Waals surface area contributed by atoms with E-state index < -0.39 is 0 Å². The molecule has 0 spiro atoms. The zero-order valence-corrected chi connectivity index (χ0v) is 32.5. The Bertz CT molecular complexity index is 1040. The highest BCUT2D eigenvalue weighted by Crippen LogP contribution is 2.23. The SMILES string of the molecule is CCCCCCN(CCCCCC)CCC(=O)OCc1cccc(-c2cccc(COC(=O)CCN(CCCCCC)CCCCCC)c2)c1. The number of benzene rings is 2. The maximum Gasteiger partial charge on any atom is 0.307 e. The third kappa shape index (κ3) is 20.8. The van der Waals surface area contributed by atoms with Gasteiger partial charge >= 0.3 is 11.9 Å². The minimum absolute atomic E-state index is 0.137. The Morgan fingerprint density at radius 1 is 0.460 bits per heavy atom. The number of nitrogens with zero attached hydrogens (tertiary/aromatic N) is 2. The van der Waals surface area contributed by atoms with Crippen molar-refractivity contribution in [1.82, 2.24) is 9.80 Å². The molecule has 0 aliphatic carbocycles. The fourth-order valence-corrected chi connectivity index (χ4v) is 6.37. The second kappa shape index (κ2) is 28.9. The van der Waals surface area contributed by atoms with Crippen LogP contribution in [0.4, 0.5) is 0 Å². The molecule has 0 amide bonds. The molecule has 282 valence electrons. The molecule has 0 atom stereocenters. The first-order chi connectivity index (χ1) is 24.5. The summed E-state index contributed by atoms with van der Waals surface area (Å²) in [6.07, 6.45) is 20.8. The van der Waals surface area contributed by atoms with Crippen molar-refractivity contribution in [3.63, 3.8) is 0 Å². The van der Waals surface area contributed by atoms with Crippen molar-refractivity contribution in [3.8, 4) is 11.1 Å². The molecule has 0 fully saturated rings. The fraction of sp³-hybridized carbons (Fsp3) is 0.682. The van der Waals surface area contributed by atoms with Crippen LogP contribution in [0.15, 0.2) is 48.5 Å². The first-order valence-corrected chi connectivity index (χ1v) is 20.4. The predicted molar refractivity (Wildman–Crippen MR) is 210 cm³/mol. The number of ether oxygens (including phenoxy) is 2. The van der Waals surface area contributed by atoms with Gasteiger partial charge in [-0.05, 0) is 86.2 Å². The highest BCUT2D eigenvalue weighted by Gasteiger charge is 2.12. The number of carbonyl (C=O) groups excluding carboxylic acids is 2. The number of hydrogen-bond donors (Lipinski definition) is 0. The van der Waals surface area contributed by atoms with Crippen molar-refractivity contribution in [2.24, 2.45) is 0 Å². The van der Waals surface area contributed by atoms with E-state index in [1.165, 1.54) is 103 Å². The number of hydrogen-bond acceptors (Lipinski definition) is 6. The lowest BCUT2D eigenvalue weighted by Crippen LogP contribution is -2.29. The monoisotopic (exact) mass is 693 g/mol. The average molecular weight is 693 g/mol. The Hall–Kier alpha value is -2.70. The smallest absolute Gasteiger partial charge is 0.307 e. The normalized spacial score (nSPS) is 11.4. The van der Waals surface area contributed by atoms with Gasteiger partial charge in [-0.2, -0.15) is 0 Å². The van der Waals surface area contributed by atoms with Gasteiger partial charge in [-0.1, -0.05) is 141 Å². The van der Waals surface area contributed by atoms with Gasteiger partial charge in [0.1, 0.15) is 13.2 Å². The molecule has 6 nitrogen and oxygen atoms in total. The first-order valence-electron chi connectivity index (χ1n) is 20.4. The van der Waals surface area contributed by atoms with E-state index in [0.717, 1.165) is 61.5 Å². The average Bonchev–Trinajstić information content (AvgIpc) is 3.14. The summed E-state index contributed by atoms with van der Waals surface area (Å²) in [7, 11) is 0. The number of carbonyl (C=O) groups is 2. The van der Waals surface area contributed by atoms with Gasteiger partial charge in [0.05, 0.1) is 12.8 Å². The van der Waals surface area contributed by atoms with E-state index in [0.29, 0.717) is 12.8 Å². The molecule has 0 N–H and O–H groups in total. The summed E-state index contributed by atoms with van der Waals surface area (Å²) in [4.78, 5) is 30.4. The fourth-order valence-electron chi connectivity index (χ4n) is 6.37. The van der Waals surface area contributed by atoms with E-state index in [1.54, 1.807) is 0 Å². The lowest BCUT2D eigenvalue weighted by Gasteiger charge is -2.22. The predicted octanol–water partition coefficient (Wildman–Crippen LogP) is 11.1. The molecular weight excluding hydrogens is 620 g/mol. The molecule has 2 aromatic carbocycles. The highest BCUT2D eigenvalue weighted by molar-refractivity contribution is 5.70. The molecule has 0 aromatic heterocycles. The summed E-state index contributed by atoms with van der Waals surface area (Å²) < 4.78 is 11.4. The Balaban J connectivity index is 1.83. The van der Waals surface area contributed by atoms with Crippen LogP contribution in [0.3, 0.4) is 0 Å². The van der Waals surface area contributed by atoms with Crippen molar-refractivity contribution < 1.29 is 19.1 Å². The van der Waals surface area contributed by atoms with Crippen LogP contribution < -0.4 is 0 Å². The van der Waals surface area contributed by atoms with Crippen LogP contribution in [0.25, 0.3) is 11.1 Å². The molecular formula is C44H72N2O4. The summed E-state index contributed by atoms with van der Waals surface area (Å²) in [6, 6.07) is 16.3. The third-order valence-electron chi connectivity index (χ3n) is 9.56. The van der Waals surface area contributed by atoms with Gasteiger partial charge in [0.2, 0.25) is 0 Å². The van der Waals surface area contributed by atoms with E-state index in [2.05, 4.69) is 61.8 Å². The van der Waals surface area contributed by atoms with Crippen molar-refractivity contribution in [2.45, 2.75) is 156 Å². The summed E-state index contributed by atoms with van der Waals surface area (Å²) in [5.41, 5.74) is 4.05. The Morgan fingerprint density at radius 2 is 0.800 bits per heavy atom. The van der Waals surface area contributed by atoms with Gasteiger partial charge < -0.3 is 19.3 Å². The van der Waals surface area contributed by atoms with Gasteiger partial charge in [0.25, 0.3) is 0 Å². The molecule has 0 heterocycles. The van der Waals surface area contributed by atoms with Crippen molar-refractivity contribution in [3.05, 3.63) is 59.7 Å². The number of esters is 2. The van der Waals surface area contributed by atoms with Crippen molar-refractivity contribution in [2.75, 3.05) is 39.3 Å². The van der Waals surface area contributed by atoms with Crippen molar-refractivity contribution in [1.29, 1.82) is 0 Å². The molecule has 6 heteroatoms. The standard InChI is InChI=1S/C44H72N2O4/c1-5-9-13-17-29-45(30-18-14-10-6-2)33-27-43(47)49-37-39-23-21-25-41(35-39)42-26-22-24-40(36-42)38-50-44(48)28-34-46(31-19-15-11-7-3)32-20-16-12-8-4/h21-26,35-36H,5-20,27-34,37-38H2,1-4H3. The lowest BCUT2D eigenvalue weighted by molar-refractivity contribution is -0.146. The second-order valence-corrected chi connectivity index (χ2v) is 14.1. The summed E-state index contributed by atoms with van der Waals surface area (Å²) >= 11 is 0. The van der Waals surface area contributed by atoms with Crippen LogP contribution in [0, 0.1) is 0 Å². The zero-order valence-electron chi connectivity index (χ0n) is 32.5. The van der Waals surface area contributed by atoms with Crippen LogP contribution in [-0.4, -0.2) is 61.0 Å². The Morgan fingerprint density at radius 3 is 1.12 bits per heavy atom. The molecule has 2 rings (SSSR count). The van der Waals surface area contributed by atoms with Crippen LogP contribution in [0.5, 0.6) is 0 Å². The summed E-state index contributed by atoms with van der Waals surface area (Å²) in [5.74, 6) is -0.273. The molecule has 2 aromatic rings. The lowest BCUT2D eigenvalue weighted by atomic mass is 10.0. The molecule has 0 saturated carbocycles. The van der Waals surface area contributed by atoms with E-state index in [4.69, 9.17) is 9.47 Å².